The monoisotopic (exact) mass is 161 g/mol. The third-order valence-corrected chi connectivity index (χ3v) is 1.43. The molecule has 0 amide bonds. The van der Waals surface area contributed by atoms with Crippen LogP contribution in [0.3, 0.4) is 0 Å². The van der Waals surface area contributed by atoms with E-state index < -0.39 is 12.4 Å². The molecule has 2 nitrogen and oxygen atoms in total. The van der Waals surface area contributed by atoms with Gasteiger partial charge in [0.2, 0.25) is 0 Å². The molecule has 54 valence electrons. The molecule has 0 aromatic carbocycles. The minimum absolute atomic E-state index is 0.0162. The molecule has 0 radical (unpaired) electrons. The van der Waals surface area contributed by atoms with Gasteiger partial charge in [-0.1, -0.05) is 11.6 Å². The van der Waals surface area contributed by atoms with Gasteiger partial charge in [-0.2, -0.15) is 0 Å². The molecule has 0 bridgehead atoms. The normalized spacial score (nSPS) is 9.90. The minimum Gasteiger partial charge on any atom is -0.391 e. The van der Waals surface area contributed by atoms with E-state index in [-0.39, 0.29) is 10.7 Å². The number of hydrogen-bond acceptors (Lipinski definition) is 2. The Bertz CT molecular complexity index is 221. The Morgan fingerprint density at radius 1 is 1.70 bits per heavy atom. The maximum Gasteiger partial charge on any atom is 0.137 e. The van der Waals surface area contributed by atoms with Crippen molar-refractivity contribution in [2.24, 2.45) is 0 Å². The van der Waals surface area contributed by atoms with Crippen molar-refractivity contribution in [1.82, 2.24) is 4.98 Å². The van der Waals surface area contributed by atoms with Gasteiger partial charge < -0.3 is 5.11 Å². The fraction of sp³-hybridized carbons (Fsp3) is 0.167. The van der Waals surface area contributed by atoms with Gasteiger partial charge >= 0.3 is 0 Å². The van der Waals surface area contributed by atoms with Crippen molar-refractivity contribution < 1.29 is 9.50 Å². The molecule has 4 heteroatoms. The van der Waals surface area contributed by atoms with Crippen molar-refractivity contribution in [3.8, 4) is 0 Å². The summed E-state index contributed by atoms with van der Waals surface area (Å²) in [6.45, 7) is -0.418. The van der Waals surface area contributed by atoms with Crippen LogP contribution in [0, 0.1) is 5.82 Å². The molecule has 0 atom stereocenters. The highest BCUT2D eigenvalue weighted by atomic mass is 35.5. The first-order chi connectivity index (χ1) is 4.75. The number of aliphatic hydroxyl groups excluding tert-OH is 1. The molecule has 0 unspecified atom stereocenters. The molecule has 1 heterocycles. The quantitative estimate of drug-likeness (QED) is 0.631. The lowest BCUT2D eigenvalue weighted by Crippen LogP contribution is -1.92. The maximum absolute atomic E-state index is 12.6. The molecule has 0 fully saturated rings. The molecule has 0 aliphatic rings. The third-order valence-electron chi connectivity index (χ3n) is 1.10. The second kappa shape index (κ2) is 2.94. The summed E-state index contributed by atoms with van der Waals surface area (Å²) in [4.78, 5) is 3.58. The number of aromatic nitrogens is 1. The lowest BCUT2D eigenvalue weighted by atomic mass is 10.3. The Labute approximate surface area is 62.3 Å². The minimum atomic E-state index is -0.525. The molecule has 1 aromatic heterocycles. The maximum atomic E-state index is 12.6. The molecule has 0 aliphatic carbocycles. The van der Waals surface area contributed by atoms with Gasteiger partial charge in [0, 0.05) is 6.20 Å². The van der Waals surface area contributed by atoms with Crippen LogP contribution in [-0.4, -0.2) is 10.1 Å². The summed E-state index contributed by atoms with van der Waals surface area (Å²) in [6, 6.07) is 1.15. The van der Waals surface area contributed by atoms with Crippen LogP contribution in [0.15, 0.2) is 12.3 Å². The SMILES string of the molecule is OCc1c(F)ccnc1Cl. The fourth-order valence-corrected chi connectivity index (χ4v) is 0.792. The molecule has 0 saturated heterocycles. The van der Waals surface area contributed by atoms with Gasteiger partial charge in [-0.3, -0.25) is 0 Å². The van der Waals surface area contributed by atoms with Crippen LogP contribution in [0.1, 0.15) is 5.56 Å². The standard InChI is InChI=1S/C6H5ClFNO/c7-6-4(3-10)5(8)1-2-9-6/h1-2,10H,3H2. The predicted octanol–water partition coefficient (Wildman–Crippen LogP) is 1.37. The van der Waals surface area contributed by atoms with Gasteiger partial charge in [0.25, 0.3) is 0 Å². The Morgan fingerprint density at radius 2 is 2.40 bits per heavy atom. The highest BCUT2D eigenvalue weighted by molar-refractivity contribution is 6.30. The molecule has 1 aromatic rings. The Hall–Kier alpha value is -0.670. The Balaban J connectivity index is 3.17. The highest BCUT2D eigenvalue weighted by Gasteiger charge is 2.04. The van der Waals surface area contributed by atoms with E-state index in [4.69, 9.17) is 16.7 Å². The highest BCUT2D eigenvalue weighted by Crippen LogP contribution is 2.14. The van der Waals surface area contributed by atoms with Crippen molar-refractivity contribution in [1.29, 1.82) is 0 Å². The van der Waals surface area contributed by atoms with Crippen molar-refractivity contribution in [2.75, 3.05) is 0 Å². The number of nitrogens with zero attached hydrogens (tertiary/aromatic N) is 1. The Morgan fingerprint density at radius 3 is 2.80 bits per heavy atom. The van der Waals surface area contributed by atoms with Crippen LogP contribution in [0.25, 0.3) is 0 Å². The lowest BCUT2D eigenvalue weighted by molar-refractivity contribution is 0.275. The van der Waals surface area contributed by atoms with E-state index in [1.165, 1.54) is 6.20 Å². The first-order valence-corrected chi connectivity index (χ1v) is 3.03. The largest absolute Gasteiger partial charge is 0.391 e. The number of aliphatic hydroxyl groups is 1. The van der Waals surface area contributed by atoms with Gasteiger partial charge in [0.15, 0.2) is 0 Å². The van der Waals surface area contributed by atoms with Crippen LogP contribution in [-0.2, 0) is 6.61 Å². The molecule has 0 spiro atoms. The summed E-state index contributed by atoms with van der Waals surface area (Å²) in [7, 11) is 0. The zero-order chi connectivity index (χ0) is 7.56. The third kappa shape index (κ3) is 1.25. The van der Waals surface area contributed by atoms with Crippen molar-refractivity contribution in [3.63, 3.8) is 0 Å². The van der Waals surface area contributed by atoms with E-state index in [2.05, 4.69) is 4.98 Å². The average molecular weight is 162 g/mol. The predicted molar refractivity (Wildman–Crippen MR) is 35.1 cm³/mol. The first kappa shape index (κ1) is 7.44. The summed E-state index contributed by atoms with van der Waals surface area (Å²) in [6.07, 6.45) is 1.25. The molecule has 0 saturated carbocycles. The first-order valence-electron chi connectivity index (χ1n) is 2.65. The van der Waals surface area contributed by atoms with Gasteiger partial charge in [-0.25, -0.2) is 9.37 Å². The van der Waals surface area contributed by atoms with Crippen molar-refractivity contribution in [3.05, 3.63) is 28.8 Å². The van der Waals surface area contributed by atoms with Gasteiger partial charge in [-0.05, 0) is 6.07 Å². The fourth-order valence-electron chi connectivity index (χ4n) is 0.586. The van der Waals surface area contributed by atoms with E-state index >= 15 is 0 Å². The summed E-state index contributed by atoms with van der Waals surface area (Å²) in [5.41, 5.74) is 0.0455. The zero-order valence-corrected chi connectivity index (χ0v) is 5.77. The number of hydrogen-bond donors (Lipinski definition) is 1. The Kier molecular flexibility index (Phi) is 2.19. The number of halogens is 2. The zero-order valence-electron chi connectivity index (χ0n) is 5.01. The smallest absolute Gasteiger partial charge is 0.137 e. The van der Waals surface area contributed by atoms with Crippen LogP contribution in [0.4, 0.5) is 4.39 Å². The van der Waals surface area contributed by atoms with Gasteiger partial charge in [0.05, 0.1) is 12.2 Å². The molecular weight excluding hydrogens is 157 g/mol. The van der Waals surface area contributed by atoms with Crippen LogP contribution in [0.2, 0.25) is 5.15 Å². The number of rotatable bonds is 1. The summed E-state index contributed by atoms with van der Waals surface area (Å²) in [5.74, 6) is -0.525. The van der Waals surface area contributed by atoms with E-state index in [1.807, 2.05) is 0 Å². The van der Waals surface area contributed by atoms with Crippen LogP contribution < -0.4 is 0 Å². The summed E-state index contributed by atoms with van der Waals surface area (Å²) in [5, 5.41) is 8.55. The average Bonchev–Trinajstić information content (AvgIpc) is 1.88. The topological polar surface area (TPSA) is 33.1 Å². The van der Waals surface area contributed by atoms with E-state index in [0.29, 0.717) is 0 Å². The van der Waals surface area contributed by atoms with Crippen molar-refractivity contribution >= 4 is 11.6 Å². The molecule has 1 N–H and O–H groups in total. The van der Waals surface area contributed by atoms with E-state index in [0.717, 1.165) is 6.07 Å². The molecule has 0 aliphatic heterocycles. The number of pyridine rings is 1. The van der Waals surface area contributed by atoms with E-state index in [1.54, 1.807) is 0 Å². The van der Waals surface area contributed by atoms with Crippen LogP contribution >= 0.6 is 11.6 Å². The lowest BCUT2D eigenvalue weighted by Gasteiger charge is -1.98. The second-order valence-electron chi connectivity index (χ2n) is 1.72. The van der Waals surface area contributed by atoms with Crippen molar-refractivity contribution in [2.45, 2.75) is 6.61 Å². The molecule has 10 heavy (non-hydrogen) atoms. The van der Waals surface area contributed by atoms with Crippen LogP contribution in [0.5, 0.6) is 0 Å². The summed E-state index contributed by atoms with van der Waals surface area (Å²) >= 11 is 5.42. The molecule has 1 rings (SSSR count). The van der Waals surface area contributed by atoms with E-state index in [9.17, 15) is 4.39 Å². The molecular formula is C6H5ClFNO. The van der Waals surface area contributed by atoms with Gasteiger partial charge in [0.1, 0.15) is 11.0 Å². The summed E-state index contributed by atoms with van der Waals surface area (Å²) < 4.78 is 12.6. The second-order valence-corrected chi connectivity index (χ2v) is 2.08. The van der Waals surface area contributed by atoms with Gasteiger partial charge in [-0.15, -0.1) is 0 Å².